The van der Waals surface area contributed by atoms with E-state index in [9.17, 15) is 13.2 Å². The average Bonchev–Trinajstić information content (AvgIpc) is 2.73. The third-order valence-electron chi connectivity index (χ3n) is 2.35. The van der Waals surface area contributed by atoms with E-state index in [1.165, 1.54) is 12.1 Å². The molecule has 116 valence electrons. The van der Waals surface area contributed by atoms with Crippen molar-refractivity contribution >= 4 is 27.7 Å². The molecule has 1 aromatic carbocycles. The van der Waals surface area contributed by atoms with E-state index >= 15 is 0 Å². The summed E-state index contributed by atoms with van der Waals surface area (Å²) >= 11 is 0. The molecule has 1 aliphatic rings. The summed E-state index contributed by atoms with van der Waals surface area (Å²) < 4.78 is 42.3. The number of hydrogen-bond acceptors (Lipinski definition) is 7. The van der Waals surface area contributed by atoms with E-state index in [0.717, 1.165) is 0 Å². The van der Waals surface area contributed by atoms with Gasteiger partial charge in [0.1, 0.15) is 0 Å². The number of carbonyl (C=O) groups excluding carboxylic acids is 1. The quantitative estimate of drug-likeness (QED) is 0.700. The SMILES string of the molecule is CC(C)OC(=O)NS(=O)(=O)Nc1cc2c(cc1N)OCO2. The molecular formula is C11H15N3O6S. The van der Waals surface area contributed by atoms with Gasteiger partial charge in [-0.25, -0.2) is 9.52 Å². The predicted octanol–water partition coefficient (Wildman–Crippen LogP) is 0.789. The Kier molecular flexibility index (Phi) is 3.98. The van der Waals surface area contributed by atoms with Gasteiger partial charge in [-0.05, 0) is 13.8 Å². The van der Waals surface area contributed by atoms with Crippen molar-refractivity contribution in [2.24, 2.45) is 0 Å². The summed E-state index contributed by atoms with van der Waals surface area (Å²) in [6, 6.07) is 2.79. The first-order chi connectivity index (χ1) is 9.77. The first-order valence-corrected chi connectivity index (χ1v) is 7.45. The molecule has 0 saturated heterocycles. The smallest absolute Gasteiger partial charge is 0.422 e. The molecule has 21 heavy (non-hydrogen) atoms. The normalized spacial score (nSPS) is 13.1. The van der Waals surface area contributed by atoms with Crippen LogP contribution in [0.2, 0.25) is 0 Å². The van der Waals surface area contributed by atoms with Crippen LogP contribution >= 0.6 is 0 Å². The van der Waals surface area contributed by atoms with Crippen LogP contribution in [-0.4, -0.2) is 27.4 Å². The minimum Gasteiger partial charge on any atom is -0.454 e. The van der Waals surface area contributed by atoms with Crippen LogP contribution in [0, 0.1) is 0 Å². The molecule has 1 amide bonds. The van der Waals surface area contributed by atoms with Gasteiger partial charge in [-0.15, -0.1) is 0 Å². The van der Waals surface area contributed by atoms with Crippen LogP contribution in [0.4, 0.5) is 16.2 Å². The Balaban J connectivity index is 2.12. The number of ether oxygens (including phenoxy) is 3. The summed E-state index contributed by atoms with van der Waals surface area (Å²) in [5.41, 5.74) is 5.89. The van der Waals surface area contributed by atoms with Crippen molar-refractivity contribution in [1.29, 1.82) is 0 Å². The number of fused-ring (bicyclic) bond motifs is 1. The molecule has 2 rings (SSSR count). The maximum Gasteiger partial charge on any atom is 0.422 e. The first kappa shape index (κ1) is 15.0. The van der Waals surface area contributed by atoms with Crippen molar-refractivity contribution in [1.82, 2.24) is 4.72 Å². The van der Waals surface area contributed by atoms with Crippen LogP contribution in [0.1, 0.15) is 13.8 Å². The molecule has 0 bridgehead atoms. The van der Waals surface area contributed by atoms with E-state index in [1.54, 1.807) is 18.6 Å². The fraction of sp³-hybridized carbons (Fsp3) is 0.364. The van der Waals surface area contributed by atoms with Crippen LogP contribution < -0.4 is 24.7 Å². The van der Waals surface area contributed by atoms with Crippen LogP contribution in [0.15, 0.2) is 12.1 Å². The summed E-state index contributed by atoms with van der Waals surface area (Å²) in [4.78, 5) is 11.3. The van der Waals surface area contributed by atoms with Crippen molar-refractivity contribution in [3.05, 3.63) is 12.1 Å². The van der Waals surface area contributed by atoms with Crippen molar-refractivity contribution in [3.8, 4) is 11.5 Å². The topological polar surface area (TPSA) is 129 Å². The van der Waals surface area contributed by atoms with E-state index in [2.05, 4.69) is 9.46 Å². The highest BCUT2D eigenvalue weighted by Gasteiger charge is 2.21. The third-order valence-corrected chi connectivity index (χ3v) is 3.27. The van der Waals surface area contributed by atoms with Gasteiger partial charge in [0.05, 0.1) is 17.5 Å². The number of rotatable bonds is 4. The van der Waals surface area contributed by atoms with Crippen molar-refractivity contribution in [2.45, 2.75) is 20.0 Å². The molecule has 0 aromatic heterocycles. The lowest BCUT2D eigenvalue weighted by atomic mass is 10.2. The lowest BCUT2D eigenvalue weighted by Crippen LogP contribution is -2.36. The van der Waals surface area contributed by atoms with Gasteiger partial charge < -0.3 is 19.9 Å². The second kappa shape index (κ2) is 5.56. The van der Waals surface area contributed by atoms with Crippen molar-refractivity contribution < 1.29 is 27.4 Å². The average molecular weight is 317 g/mol. The molecule has 0 spiro atoms. The number of anilines is 2. The van der Waals surface area contributed by atoms with Gasteiger partial charge in [-0.1, -0.05) is 0 Å². The fourth-order valence-electron chi connectivity index (χ4n) is 1.56. The summed E-state index contributed by atoms with van der Waals surface area (Å²) in [5, 5.41) is 0. The van der Waals surface area contributed by atoms with Gasteiger partial charge >= 0.3 is 16.3 Å². The van der Waals surface area contributed by atoms with E-state index in [0.29, 0.717) is 11.5 Å². The highest BCUT2D eigenvalue weighted by atomic mass is 32.2. The molecule has 0 aliphatic carbocycles. The molecule has 4 N–H and O–H groups in total. The van der Waals surface area contributed by atoms with Gasteiger partial charge in [0.15, 0.2) is 11.5 Å². The molecule has 0 atom stereocenters. The number of nitrogen functional groups attached to an aromatic ring is 1. The zero-order chi connectivity index (χ0) is 15.6. The fourth-order valence-corrected chi connectivity index (χ4v) is 2.35. The van der Waals surface area contributed by atoms with Crippen molar-refractivity contribution in [3.63, 3.8) is 0 Å². The standard InChI is InChI=1S/C11H15N3O6S/c1-6(2)20-11(15)14-21(16,17)13-8-4-10-9(3-7(8)12)18-5-19-10/h3-4,6,13H,5,12H2,1-2H3,(H,14,15). The zero-order valence-electron chi connectivity index (χ0n) is 11.4. The van der Waals surface area contributed by atoms with Crippen molar-refractivity contribution in [2.75, 3.05) is 17.2 Å². The second-order valence-electron chi connectivity index (χ2n) is 4.45. The molecule has 10 heteroatoms. The highest BCUT2D eigenvalue weighted by molar-refractivity contribution is 7.91. The van der Waals surface area contributed by atoms with Crippen LogP contribution in [0.3, 0.4) is 0 Å². The number of nitrogens with two attached hydrogens (primary N) is 1. The Hall–Kier alpha value is -2.36. The minimum atomic E-state index is -4.17. The summed E-state index contributed by atoms with van der Waals surface area (Å²) in [6.07, 6.45) is -1.53. The molecule has 0 radical (unpaired) electrons. The molecule has 1 aliphatic heterocycles. The molecule has 0 saturated carbocycles. The summed E-state index contributed by atoms with van der Waals surface area (Å²) in [5.74, 6) is 0.772. The molecule has 0 fully saturated rings. The second-order valence-corrected chi connectivity index (χ2v) is 5.87. The Bertz CT molecular complexity index is 658. The Morgan fingerprint density at radius 2 is 1.95 bits per heavy atom. The number of nitrogens with one attached hydrogen (secondary N) is 2. The van der Waals surface area contributed by atoms with Gasteiger partial charge in [-0.2, -0.15) is 8.42 Å². The van der Waals surface area contributed by atoms with Gasteiger partial charge in [0.25, 0.3) is 0 Å². The maximum absolute atomic E-state index is 11.8. The van der Waals surface area contributed by atoms with E-state index in [-0.39, 0.29) is 18.2 Å². The van der Waals surface area contributed by atoms with E-state index < -0.39 is 22.4 Å². The lowest BCUT2D eigenvalue weighted by molar-refractivity contribution is 0.121. The number of amides is 1. The monoisotopic (exact) mass is 317 g/mol. The summed E-state index contributed by atoms with van der Waals surface area (Å²) in [6.45, 7) is 3.22. The molecular weight excluding hydrogens is 302 g/mol. The lowest BCUT2D eigenvalue weighted by Gasteiger charge is -2.13. The predicted molar refractivity (Wildman–Crippen MR) is 74.3 cm³/mol. The molecule has 9 nitrogen and oxygen atoms in total. The largest absolute Gasteiger partial charge is 0.454 e. The number of hydrogen-bond donors (Lipinski definition) is 3. The summed E-state index contributed by atoms with van der Waals surface area (Å²) in [7, 11) is -4.17. The van der Waals surface area contributed by atoms with E-state index in [4.69, 9.17) is 15.2 Å². The molecule has 1 aromatic rings. The van der Waals surface area contributed by atoms with Gasteiger partial charge in [-0.3, -0.25) is 4.72 Å². The Morgan fingerprint density at radius 1 is 1.33 bits per heavy atom. The van der Waals surface area contributed by atoms with Gasteiger partial charge in [0.2, 0.25) is 6.79 Å². The minimum absolute atomic E-state index is 0.0317. The molecule has 0 unspecified atom stereocenters. The molecule has 1 heterocycles. The number of benzene rings is 1. The number of carbonyl (C=O) groups is 1. The maximum atomic E-state index is 11.8. The highest BCUT2D eigenvalue weighted by Crippen LogP contribution is 2.38. The van der Waals surface area contributed by atoms with E-state index in [1.807, 2.05) is 0 Å². The van der Waals surface area contributed by atoms with Crippen LogP contribution in [-0.2, 0) is 14.9 Å². The Labute approximate surface area is 121 Å². The third kappa shape index (κ3) is 3.81. The van der Waals surface area contributed by atoms with Crippen LogP contribution in [0.25, 0.3) is 0 Å². The van der Waals surface area contributed by atoms with Crippen LogP contribution in [0.5, 0.6) is 11.5 Å². The first-order valence-electron chi connectivity index (χ1n) is 5.97. The Morgan fingerprint density at radius 3 is 2.57 bits per heavy atom. The van der Waals surface area contributed by atoms with Gasteiger partial charge in [0, 0.05) is 12.1 Å². The zero-order valence-corrected chi connectivity index (χ0v) is 12.2.